The molecule has 3 N–H and O–H groups in total. The number of carbonyl (C=O) groups is 3. The van der Waals surface area contributed by atoms with Gasteiger partial charge in [0.25, 0.3) is 5.91 Å². The van der Waals surface area contributed by atoms with Gasteiger partial charge in [0.15, 0.2) is 5.69 Å². The van der Waals surface area contributed by atoms with E-state index in [-0.39, 0.29) is 17.3 Å². The SMILES string of the molecule is Cc1ccc(NC(=O)Nc2cn(C(C)(C)C)nc2C(=O)N2CCNC(=O)C2(C)C)cc1-c1ccc(OCCN(C)C)nc1. The van der Waals surface area contributed by atoms with E-state index < -0.39 is 23.0 Å². The number of hydrogen-bond acceptors (Lipinski definition) is 7. The lowest BCUT2D eigenvalue weighted by molar-refractivity contribution is -0.133. The standard InChI is InChI=1S/C31H42N8O4/c1-20-9-11-22(17-23(20)21-10-12-25(33-18-21)43-16-15-37(7)8)34-29(42)35-24-19-39(30(2,3)4)36-26(24)27(40)38-14-13-32-28(41)31(38,5)6/h9-12,17-19H,13-16H2,1-8H3,(H,32,41)(H2,34,35,42). The highest BCUT2D eigenvalue weighted by atomic mass is 16.5. The summed E-state index contributed by atoms with van der Waals surface area (Å²) in [7, 11) is 3.97. The van der Waals surface area contributed by atoms with Crippen molar-refractivity contribution in [3.8, 4) is 17.0 Å². The molecule has 0 aliphatic carbocycles. The van der Waals surface area contributed by atoms with Gasteiger partial charge in [0.2, 0.25) is 11.8 Å². The molecule has 4 rings (SSSR count). The first-order valence-corrected chi connectivity index (χ1v) is 14.3. The molecular formula is C31H42N8O4. The molecule has 1 aromatic carbocycles. The number of piperazine rings is 1. The molecule has 0 unspecified atom stereocenters. The summed E-state index contributed by atoms with van der Waals surface area (Å²) >= 11 is 0. The van der Waals surface area contributed by atoms with Crippen molar-refractivity contribution in [1.29, 1.82) is 0 Å². The first-order valence-electron chi connectivity index (χ1n) is 14.3. The highest BCUT2D eigenvalue weighted by Crippen LogP contribution is 2.29. The molecule has 0 atom stereocenters. The number of nitrogens with one attached hydrogen (secondary N) is 3. The number of aromatic nitrogens is 3. The number of aryl methyl sites for hydroxylation is 1. The van der Waals surface area contributed by atoms with Crippen molar-refractivity contribution >= 4 is 29.2 Å². The van der Waals surface area contributed by atoms with Gasteiger partial charge in [-0.3, -0.25) is 14.3 Å². The normalized spacial score (nSPS) is 14.8. The molecular weight excluding hydrogens is 548 g/mol. The first kappa shape index (κ1) is 31.5. The number of rotatable bonds is 8. The van der Waals surface area contributed by atoms with E-state index in [9.17, 15) is 14.4 Å². The van der Waals surface area contributed by atoms with E-state index in [0.29, 0.717) is 31.3 Å². The van der Waals surface area contributed by atoms with Crippen LogP contribution >= 0.6 is 0 Å². The summed E-state index contributed by atoms with van der Waals surface area (Å²) in [6.45, 7) is 13.2. The maximum atomic E-state index is 13.7. The summed E-state index contributed by atoms with van der Waals surface area (Å²) < 4.78 is 7.34. The molecule has 0 saturated carbocycles. The molecule has 3 aromatic rings. The van der Waals surface area contributed by atoms with Crippen LogP contribution < -0.4 is 20.7 Å². The minimum atomic E-state index is -1.07. The van der Waals surface area contributed by atoms with Crippen LogP contribution in [0.1, 0.15) is 50.7 Å². The van der Waals surface area contributed by atoms with E-state index in [4.69, 9.17) is 4.74 Å². The fourth-order valence-corrected chi connectivity index (χ4v) is 4.60. The summed E-state index contributed by atoms with van der Waals surface area (Å²) in [5.74, 6) is -0.129. The Balaban J connectivity index is 1.53. The first-order chi connectivity index (χ1) is 20.2. The predicted octanol–water partition coefficient (Wildman–Crippen LogP) is 3.94. The number of urea groups is 1. The van der Waals surface area contributed by atoms with Crippen molar-refractivity contribution in [1.82, 2.24) is 29.9 Å². The highest BCUT2D eigenvalue weighted by molar-refractivity contribution is 6.07. The van der Waals surface area contributed by atoms with E-state index in [0.717, 1.165) is 23.2 Å². The Morgan fingerprint density at radius 3 is 2.53 bits per heavy atom. The van der Waals surface area contributed by atoms with E-state index in [2.05, 4.69) is 26.0 Å². The molecule has 0 bridgehead atoms. The van der Waals surface area contributed by atoms with Crippen LogP contribution in [-0.2, 0) is 10.3 Å². The molecule has 43 heavy (non-hydrogen) atoms. The van der Waals surface area contributed by atoms with Gasteiger partial charge in [-0.2, -0.15) is 5.10 Å². The molecule has 0 spiro atoms. The van der Waals surface area contributed by atoms with Crippen LogP contribution in [-0.4, -0.2) is 88.3 Å². The minimum absolute atomic E-state index is 0.0661. The molecule has 2 aromatic heterocycles. The van der Waals surface area contributed by atoms with Crippen molar-refractivity contribution in [3.63, 3.8) is 0 Å². The summed E-state index contributed by atoms with van der Waals surface area (Å²) in [6.07, 6.45) is 3.39. The van der Waals surface area contributed by atoms with Crippen molar-refractivity contribution in [2.75, 3.05) is 51.0 Å². The van der Waals surface area contributed by atoms with E-state index >= 15 is 0 Å². The van der Waals surface area contributed by atoms with Gasteiger partial charge in [-0.05, 0) is 85.0 Å². The topological polar surface area (TPSA) is 134 Å². The molecule has 1 fully saturated rings. The number of nitrogens with zero attached hydrogens (tertiary/aromatic N) is 5. The van der Waals surface area contributed by atoms with Crippen LogP contribution in [0.5, 0.6) is 5.88 Å². The van der Waals surface area contributed by atoms with Crippen LogP contribution in [0, 0.1) is 6.92 Å². The maximum absolute atomic E-state index is 13.7. The van der Waals surface area contributed by atoms with Crippen molar-refractivity contribution in [2.24, 2.45) is 0 Å². The lowest BCUT2D eigenvalue weighted by atomic mass is 9.98. The lowest BCUT2D eigenvalue weighted by Gasteiger charge is -2.40. The molecule has 1 aliphatic rings. The van der Waals surface area contributed by atoms with Crippen LogP contribution in [0.25, 0.3) is 11.1 Å². The Morgan fingerprint density at radius 1 is 1.14 bits per heavy atom. The van der Waals surface area contributed by atoms with Gasteiger partial charge in [-0.15, -0.1) is 0 Å². The van der Waals surface area contributed by atoms with Crippen LogP contribution in [0.2, 0.25) is 0 Å². The third kappa shape index (κ3) is 7.31. The molecule has 3 heterocycles. The van der Waals surface area contributed by atoms with E-state index in [1.54, 1.807) is 30.9 Å². The zero-order valence-electron chi connectivity index (χ0n) is 26.2. The second-order valence-electron chi connectivity index (χ2n) is 12.4. The van der Waals surface area contributed by atoms with Gasteiger partial charge in [-0.1, -0.05) is 6.07 Å². The lowest BCUT2D eigenvalue weighted by Crippen LogP contribution is -2.63. The Hall–Kier alpha value is -4.45. The van der Waals surface area contributed by atoms with Crippen molar-refractivity contribution in [2.45, 2.75) is 52.6 Å². The maximum Gasteiger partial charge on any atom is 0.323 e. The quantitative estimate of drug-likeness (QED) is 0.362. The van der Waals surface area contributed by atoms with E-state index in [1.165, 1.54) is 4.90 Å². The van der Waals surface area contributed by atoms with Crippen LogP contribution in [0.15, 0.2) is 42.7 Å². The highest BCUT2D eigenvalue weighted by Gasteiger charge is 2.42. The third-order valence-electron chi connectivity index (χ3n) is 7.28. The second kappa shape index (κ2) is 12.4. The van der Waals surface area contributed by atoms with Gasteiger partial charge in [0.05, 0.1) is 17.4 Å². The fourth-order valence-electron chi connectivity index (χ4n) is 4.60. The summed E-state index contributed by atoms with van der Waals surface area (Å²) in [5, 5.41) is 13.0. The predicted molar refractivity (Wildman–Crippen MR) is 166 cm³/mol. The monoisotopic (exact) mass is 590 g/mol. The number of hydrogen-bond donors (Lipinski definition) is 3. The van der Waals surface area contributed by atoms with Gasteiger partial charge in [0.1, 0.15) is 12.1 Å². The average molecular weight is 591 g/mol. The Bertz CT molecular complexity index is 1490. The summed E-state index contributed by atoms with van der Waals surface area (Å²) in [6, 6.07) is 8.84. The van der Waals surface area contributed by atoms with Crippen molar-refractivity contribution in [3.05, 3.63) is 54.0 Å². The number of benzene rings is 1. The second-order valence-corrected chi connectivity index (χ2v) is 12.4. The zero-order chi connectivity index (χ0) is 31.5. The average Bonchev–Trinajstić information content (AvgIpc) is 3.35. The van der Waals surface area contributed by atoms with E-state index in [1.807, 2.05) is 77.0 Å². The molecule has 4 amide bonds. The molecule has 1 aliphatic heterocycles. The van der Waals surface area contributed by atoms with Crippen LogP contribution in [0.3, 0.4) is 0 Å². The van der Waals surface area contributed by atoms with Gasteiger partial charge >= 0.3 is 6.03 Å². The number of likely N-dealkylation sites (N-methyl/N-ethyl adjacent to an activating group) is 1. The van der Waals surface area contributed by atoms with Gasteiger partial charge < -0.3 is 30.5 Å². The van der Waals surface area contributed by atoms with Gasteiger partial charge in [-0.25, -0.2) is 9.78 Å². The fraction of sp³-hybridized carbons (Fsp3) is 0.452. The minimum Gasteiger partial charge on any atom is -0.476 e. The van der Waals surface area contributed by atoms with Crippen LogP contribution in [0.4, 0.5) is 16.2 Å². The zero-order valence-corrected chi connectivity index (χ0v) is 26.2. The Kier molecular flexibility index (Phi) is 9.09. The summed E-state index contributed by atoms with van der Waals surface area (Å²) in [5.41, 5.74) is 2.17. The third-order valence-corrected chi connectivity index (χ3v) is 7.28. The van der Waals surface area contributed by atoms with Crippen molar-refractivity contribution < 1.29 is 19.1 Å². The largest absolute Gasteiger partial charge is 0.476 e. The number of anilines is 2. The number of pyridine rings is 1. The summed E-state index contributed by atoms with van der Waals surface area (Å²) in [4.78, 5) is 47.4. The molecule has 12 nitrogen and oxygen atoms in total. The van der Waals surface area contributed by atoms with Gasteiger partial charge in [0, 0.05) is 43.1 Å². The number of ether oxygens (including phenoxy) is 1. The number of carbonyl (C=O) groups excluding carboxylic acids is 3. The Labute approximate surface area is 252 Å². The Morgan fingerprint density at radius 2 is 1.88 bits per heavy atom. The molecule has 1 saturated heterocycles. The molecule has 0 radical (unpaired) electrons. The molecule has 12 heteroatoms. The smallest absolute Gasteiger partial charge is 0.323 e. The number of amides is 4. The molecule has 230 valence electrons.